The first-order valence-corrected chi connectivity index (χ1v) is 8.67. The maximum Gasteiger partial charge on any atom is 0.256 e. The van der Waals surface area contributed by atoms with Crippen LogP contribution < -0.4 is 0 Å². The van der Waals surface area contributed by atoms with Crippen LogP contribution in [0.4, 0.5) is 0 Å². The van der Waals surface area contributed by atoms with Crippen molar-refractivity contribution in [2.45, 2.75) is 18.9 Å². The maximum absolute atomic E-state index is 13.3. The molecule has 1 aromatic heterocycles. The van der Waals surface area contributed by atoms with Gasteiger partial charge in [0.05, 0.1) is 29.9 Å². The van der Waals surface area contributed by atoms with Gasteiger partial charge in [-0.2, -0.15) is 5.10 Å². The van der Waals surface area contributed by atoms with Gasteiger partial charge >= 0.3 is 0 Å². The smallest absolute Gasteiger partial charge is 0.256 e. The predicted octanol–water partition coefficient (Wildman–Crippen LogP) is 3.04. The molecule has 1 aliphatic heterocycles. The SMILES string of the molecule is O=C(c1cccc2cn[nH]c12)N(CCc1ccccc1)[C@@H]1CCOC1. The fourth-order valence-electron chi connectivity index (χ4n) is 3.41. The van der Waals surface area contributed by atoms with E-state index in [2.05, 4.69) is 22.3 Å². The zero-order chi connectivity index (χ0) is 17.1. The molecule has 1 aliphatic rings. The highest BCUT2D eigenvalue weighted by Gasteiger charge is 2.29. The van der Waals surface area contributed by atoms with E-state index >= 15 is 0 Å². The molecule has 1 N–H and O–H groups in total. The number of fused-ring (bicyclic) bond motifs is 1. The van der Waals surface area contributed by atoms with E-state index < -0.39 is 0 Å². The quantitative estimate of drug-likeness (QED) is 0.780. The molecule has 0 spiro atoms. The van der Waals surface area contributed by atoms with Crippen molar-refractivity contribution < 1.29 is 9.53 Å². The summed E-state index contributed by atoms with van der Waals surface area (Å²) in [6.45, 7) is 2.01. The second-order valence-corrected chi connectivity index (χ2v) is 6.39. The van der Waals surface area contributed by atoms with Crippen molar-refractivity contribution in [3.63, 3.8) is 0 Å². The van der Waals surface area contributed by atoms with Crippen molar-refractivity contribution >= 4 is 16.8 Å². The lowest BCUT2D eigenvalue weighted by Crippen LogP contribution is -2.42. The van der Waals surface area contributed by atoms with Gasteiger partial charge in [0.1, 0.15) is 0 Å². The Hall–Kier alpha value is -2.66. The molecule has 0 unspecified atom stereocenters. The van der Waals surface area contributed by atoms with E-state index in [1.54, 1.807) is 6.20 Å². The standard InChI is InChI=1S/C20H21N3O2/c24-20(18-8-4-7-16-13-21-22-19(16)18)23(17-10-12-25-14-17)11-9-15-5-2-1-3-6-15/h1-8,13,17H,9-12,14H2,(H,21,22)/t17-/m1/s1. The van der Waals surface area contributed by atoms with Crippen LogP contribution in [0.2, 0.25) is 0 Å². The number of benzene rings is 2. The number of para-hydroxylation sites is 1. The van der Waals surface area contributed by atoms with Gasteiger partial charge in [-0.25, -0.2) is 0 Å². The van der Waals surface area contributed by atoms with E-state index in [1.165, 1.54) is 5.56 Å². The van der Waals surface area contributed by atoms with E-state index in [0.29, 0.717) is 25.3 Å². The highest BCUT2D eigenvalue weighted by Crippen LogP contribution is 2.21. The average Bonchev–Trinajstić information content (AvgIpc) is 3.34. The molecule has 0 radical (unpaired) electrons. The first kappa shape index (κ1) is 15.8. The van der Waals surface area contributed by atoms with Crippen molar-refractivity contribution in [2.24, 2.45) is 0 Å². The number of rotatable bonds is 5. The molecule has 0 aliphatic carbocycles. The van der Waals surface area contributed by atoms with Crippen LogP contribution in [-0.4, -0.2) is 46.8 Å². The Morgan fingerprint density at radius 1 is 1.20 bits per heavy atom. The number of hydrogen-bond donors (Lipinski definition) is 1. The molecule has 3 aromatic rings. The summed E-state index contributed by atoms with van der Waals surface area (Å²) in [6.07, 6.45) is 3.47. The van der Waals surface area contributed by atoms with Gasteiger partial charge < -0.3 is 9.64 Å². The molecule has 1 saturated heterocycles. The number of carbonyl (C=O) groups excluding carboxylic acids is 1. The summed E-state index contributed by atoms with van der Waals surface area (Å²) in [7, 11) is 0. The molecular formula is C20H21N3O2. The minimum absolute atomic E-state index is 0.0429. The van der Waals surface area contributed by atoms with Gasteiger partial charge in [-0.05, 0) is 24.5 Å². The summed E-state index contributed by atoms with van der Waals surface area (Å²) in [5, 5.41) is 7.99. The minimum Gasteiger partial charge on any atom is -0.379 e. The zero-order valence-corrected chi connectivity index (χ0v) is 14.0. The lowest BCUT2D eigenvalue weighted by atomic mass is 10.1. The van der Waals surface area contributed by atoms with Crippen molar-refractivity contribution in [3.8, 4) is 0 Å². The summed E-state index contributed by atoms with van der Waals surface area (Å²) in [6, 6.07) is 16.1. The summed E-state index contributed by atoms with van der Waals surface area (Å²) in [4.78, 5) is 15.3. The highest BCUT2D eigenvalue weighted by molar-refractivity contribution is 6.05. The third kappa shape index (κ3) is 3.28. The Bertz CT molecular complexity index is 854. The van der Waals surface area contributed by atoms with E-state index in [-0.39, 0.29) is 11.9 Å². The molecule has 0 saturated carbocycles. The van der Waals surface area contributed by atoms with Gasteiger partial charge in [0.25, 0.3) is 5.91 Å². The van der Waals surface area contributed by atoms with E-state index in [4.69, 9.17) is 4.74 Å². The van der Waals surface area contributed by atoms with Gasteiger partial charge in [0.2, 0.25) is 0 Å². The number of ether oxygens (including phenoxy) is 1. The number of aromatic nitrogens is 2. The summed E-state index contributed by atoms with van der Waals surface area (Å²) in [5.41, 5.74) is 2.71. The Kier molecular flexibility index (Phi) is 4.48. The first-order valence-electron chi connectivity index (χ1n) is 8.67. The van der Waals surface area contributed by atoms with Gasteiger partial charge in [-0.15, -0.1) is 0 Å². The number of nitrogens with one attached hydrogen (secondary N) is 1. The third-order valence-electron chi connectivity index (χ3n) is 4.80. The van der Waals surface area contributed by atoms with E-state index in [9.17, 15) is 4.79 Å². The maximum atomic E-state index is 13.3. The second kappa shape index (κ2) is 7.07. The summed E-state index contributed by atoms with van der Waals surface area (Å²) in [5.74, 6) is 0.0429. The minimum atomic E-state index is 0.0429. The molecule has 2 heterocycles. The number of amides is 1. The average molecular weight is 335 g/mol. The normalized spacial score (nSPS) is 17.0. The molecule has 4 rings (SSSR count). The molecule has 5 nitrogen and oxygen atoms in total. The fraction of sp³-hybridized carbons (Fsp3) is 0.300. The Morgan fingerprint density at radius 3 is 2.88 bits per heavy atom. The lowest BCUT2D eigenvalue weighted by Gasteiger charge is -2.28. The monoisotopic (exact) mass is 335 g/mol. The molecule has 2 aromatic carbocycles. The number of H-pyrrole nitrogens is 1. The molecule has 1 fully saturated rings. The van der Waals surface area contributed by atoms with E-state index in [0.717, 1.165) is 23.7 Å². The van der Waals surface area contributed by atoms with Crippen LogP contribution in [-0.2, 0) is 11.2 Å². The molecule has 5 heteroatoms. The van der Waals surface area contributed by atoms with E-state index in [1.807, 2.05) is 41.3 Å². The Labute approximate surface area is 146 Å². The Balaban J connectivity index is 1.60. The third-order valence-corrected chi connectivity index (χ3v) is 4.80. The van der Waals surface area contributed by atoms with Crippen LogP contribution in [0.15, 0.2) is 54.7 Å². The predicted molar refractivity (Wildman–Crippen MR) is 96.5 cm³/mol. The number of nitrogens with zero attached hydrogens (tertiary/aromatic N) is 2. The van der Waals surface area contributed by atoms with Crippen LogP contribution in [0.25, 0.3) is 10.9 Å². The largest absolute Gasteiger partial charge is 0.379 e. The van der Waals surface area contributed by atoms with Gasteiger partial charge in [-0.1, -0.05) is 42.5 Å². The first-order chi connectivity index (χ1) is 12.3. The highest BCUT2D eigenvalue weighted by atomic mass is 16.5. The topological polar surface area (TPSA) is 58.2 Å². The lowest BCUT2D eigenvalue weighted by molar-refractivity contribution is 0.0658. The van der Waals surface area contributed by atoms with Crippen molar-refractivity contribution in [2.75, 3.05) is 19.8 Å². The molecule has 25 heavy (non-hydrogen) atoms. The number of carbonyl (C=O) groups is 1. The van der Waals surface area contributed by atoms with Crippen LogP contribution >= 0.6 is 0 Å². The number of hydrogen-bond acceptors (Lipinski definition) is 3. The van der Waals surface area contributed by atoms with Gasteiger partial charge in [-0.3, -0.25) is 9.89 Å². The van der Waals surface area contributed by atoms with Crippen LogP contribution in [0.1, 0.15) is 22.3 Å². The molecule has 1 atom stereocenters. The van der Waals surface area contributed by atoms with Crippen molar-refractivity contribution in [1.29, 1.82) is 0 Å². The fourth-order valence-corrected chi connectivity index (χ4v) is 3.41. The van der Waals surface area contributed by atoms with Gasteiger partial charge in [0.15, 0.2) is 0 Å². The number of aromatic amines is 1. The van der Waals surface area contributed by atoms with Crippen LogP contribution in [0.3, 0.4) is 0 Å². The molecular weight excluding hydrogens is 314 g/mol. The zero-order valence-electron chi connectivity index (χ0n) is 14.0. The van der Waals surface area contributed by atoms with Crippen LogP contribution in [0.5, 0.6) is 0 Å². The summed E-state index contributed by atoms with van der Waals surface area (Å²) < 4.78 is 5.53. The van der Waals surface area contributed by atoms with Crippen molar-refractivity contribution in [1.82, 2.24) is 15.1 Å². The Morgan fingerprint density at radius 2 is 2.08 bits per heavy atom. The molecule has 128 valence electrons. The van der Waals surface area contributed by atoms with Crippen LogP contribution in [0, 0.1) is 0 Å². The molecule has 0 bridgehead atoms. The van der Waals surface area contributed by atoms with Gasteiger partial charge in [0, 0.05) is 18.5 Å². The van der Waals surface area contributed by atoms with Crippen molar-refractivity contribution in [3.05, 3.63) is 65.9 Å². The molecule has 1 amide bonds. The summed E-state index contributed by atoms with van der Waals surface area (Å²) >= 11 is 0. The second-order valence-electron chi connectivity index (χ2n) is 6.39.